The lowest BCUT2D eigenvalue weighted by Crippen LogP contribution is -2.35. The number of hydrogen-bond donors (Lipinski definition) is 3. The van der Waals surface area contributed by atoms with E-state index < -0.39 is 11.7 Å². The normalized spacial score (nSPS) is 23.4. The van der Waals surface area contributed by atoms with Crippen LogP contribution in [-0.2, 0) is 6.54 Å². The molecule has 3 N–H and O–H groups in total. The van der Waals surface area contributed by atoms with Gasteiger partial charge in [-0.3, -0.25) is 0 Å². The van der Waals surface area contributed by atoms with Gasteiger partial charge in [-0.1, -0.05) is 6.07 Å². The Balaban J connectivity index is 1.66. The summed E-state index contributed by atoms with van der Waals surface area (Å²) in [5.41, 5.74) is 4.53. The van der Waals surface area contributed by atoms with Gasteiger partial charge in [0, 0.05) is 29.8 Å². The van der Waals surface area contributed by atoms with Gasteiger partial charge in [0.25, 0.3) is 0 Å². The van der Waals surface area contributed by atoms with Crippen LogP contribution in [0, 0.1) is 0 Å². The van der Waals surface area contributed by atoms with Crippen LogP contribution in [0.25, 0.3) is 6.08 Å². The number of hydrogen-bond acceptors (Lipinski definition) is 3. The second kappa shape index (κ2) is 7.00. The van der Waals surface area contributed by atoms with Crippen LogP contribution in [-0.4, -0.2) is 19.1 Å². The Bertz CT molecular complexity index is 746. The molecule has 132 valence electrons. The van der Waals surface area contributed by atoms with Gasteiger partial charge in [0.15, 0.2) is 11.7 Å². The lowest BCUT2D eigenvalue weighted by atomic mass is 9.88. The molecule has 0 amide bonds. The van der Waals surface area contributed by atoms with Crippen LogP contribution in [0.15, 0.2) is 42.1 Å². The van der Waals surface area contributed by atoms with Gasteiger partial charge < -0.3 is 16.0 Å². The Morgan fingerprint density at radius 1 is 1.08 bits per heavy atom. The summed E-state index contributed by atoms with van der Waals surface area (Å²) in [5.74, 6) is -1.62. The molecular formula is C20H23F2N3. The molecule has 25 heavy (non-hydrogen) atoms. The van der Waals surface area contributed by atoms with Crippen LogP contribution in [0.5, 0.6) is 0 Å². The van der Waals surface area contributed by atoms with Crippen molar-refractivity contribution in [3.8, 4) is 0 Å². The van der Waals surface area contributed by atoms with Crippen molar-refractivity contribution in [2.45, 2.75) is 37.8 Å². The quantitative estimate of drug-likeness (QED) is 0.773. The van der Waals surface area contributed by atoms with E-state index in [0.717, 1.165) is 49.3 Å². The first kappa shape index (κ1) is 16.3. The Morgan fingerprint density at radius 2 is 1.92 bits per heavy atom. The van der Waals surface area contributed by atoms with Gasteiger partial charge in [0.1, 0.15) is 0 Å². The molecule has 1 aliphatic carbocycles. The van der Waals surface area contributed by atoms with Crippen molar-refractivity contribution in [1.29, 1.82) is 0 Å². The minimum atomic E-state index is -0.751. The van der Waals surface area contributed by atoms with Crippen LogP contribution in [0.4, 0.5) is 14.5 Å². The van der Waals surface area contributed by atoms with E-state index in [9.17, 15) is 8.78 Å². The molecule has 0 bridgehead atoms. The number of halogens is 2. The molecule has 3 aliphatic rings. The zero-order valence-corrected chi connectivity index (χ0v) is 14.1. The van der Waals surface area contributed by atoms with E-state index in [1.54, 1.807) is 0 Å². The Labute approximate surface area is 146 Å². The highest BCUT2D eigenvalue weighted by molar-refractivity contribution is 5.68. The first-order valence-electron chi connectivity index (χ1n) is 8.98. The number of piperidine rings is 1. The van der Waals surface area contributed by atoms with Gasteiger partial charge in [0.2, 0.25) is 0 Å². The van der Waals surface area contributed by atoms with Crippen molar-refractivity contribution >= 4 is 11.8 Å². The first-order valence-corrected chi connectivity index (χ1v) is 8.98. The maximum absolute atomic E-state index is 13.7. The summed E-state index contributed by atoms with van der Waals surface area (Å²) in [4.78, 5) is 0. The van der Waals surface area contributed by atoms with Crippen LogP contribution in [0.2, 0.25) is 0 Å². The predicted octanol–water partition coefficient (Wildman–Crippen LogP) is 4.12. The zero-order chi connectivity index (χ0) is 17.2. The number of fused-ring (bicyclic) bond motifs is 1. The molecule has 1 saturated heterocycles. The Kier molecular flexibility index (Phi) is 4.57. The maximum Gasteiger partial charge on any atom is 0.155 e. The predicted molar refractivity (Wildman–Crippen MR) is 97.6 cm³/mol. The Morgan fingerprint density at radius 3 is 2.72 bits per heavy atom. The molecule has 2 heterocycles. The highest BCUT2D eigenvalue weighted by Crippen LogP contribution is 2.36. The highest BCUT2D eigenvalue weighted by Gasteiger charge is 2.22. The topological polar surface area (TPSA) is 36.1 Å². The molecule has 0 spiro atoms. The number of anilines is 1. The van der Waals surface area contributed by atoms with E-state index in [4.69, 9.17) is 0 Å². The van der Waals surface area contributed by atoms with Gasteiger partial charge >= 0.3 is 0 Å². The average Bonchev–Trinajstić information content (AvgIpc) is 2.65. The molecule has 0 aromatic heterocycles. The first-order chi connectivity index (χ1) is 12.2. The molecule has 4 rings (SSSR count). The van der Waals surface area contributed by atoms with Crippen molar-refractivity contribution in [2.24, 2.45) is 0 Å². The zero-order valence-electron chi connectivity index (χ0n) is 14.1. The van der Waals surface area contributed by atoms with Gasteiger partial charge in [-0.25, -0.2) is 8.78 Å². The lowest BCUT2D eigenvalue weighted by molar-refractivity contribution is 0.478. The number of benzene rings is 1. The summed E-state index contributed by atoms with van der Waals surface area (Å²) >= 11 is 0. The fourth-order valence-electron chi connectivity index (χ4n) is 3.79. The lowest BCUT2D eigenvalue weighted by Gasteiger charge is -2.28. The van der Waals surface area contributed by atoms with Crippen molar-refractivity contribution < 1.29 is 8.78 Å². The van der Waals surface area contributed by atoms with Crippen molar-refractivity contribution in [1.82, 2.24) is 10.6 Å². The van der Waals surface area contributed by atoms with Crippen molar-refractivity contribution in [3.63, 3.8) is 0 Å². The largest absolute Gasteiger partial charge is 0.387 e. The van der Waals surface area contributed by atoms with Gasteiger partial charge in [0.05, 0.1) is 0 Å². The molecule has 1 fully saturated rings. The van der Waals surface area contributed by atoms with Gasteiger partial charge in [-0.2, -0.15) is 0 Å². The molecule has 1 atom stereocenters. The third-order valence-electron chi connectivity index (χ3n) is 5.22. The van der Waals surface area contributed by atoms with Crippen molar-refractivity contribution in [3.05, 3.63) is 58.8 Å². The molecular weight excluding hydrogens is 320 g/mol. The standard InChI is InChI=1S/C20H23F2N3/c21-18-2-1-13(10-19(18)22)15-9-14-3-6-24-12-17(14)20(11-15)25-16-4-7-23-8-5-16/h2-3,6,9-11,13,16,23-25H,1,4-5,7-8,12H2. The van der Waals surface area contributed by atoms with E-state index in [2.05, 4.69) is 34.2 Å². The van der Waals surface area contributed by atoms with Crippen LogP contribution >= 0.6 is 0 Å². The van der Waals surface area contributed by atoms with Crippen LogP contribution in [0.3, 0.4) is 0 Å². The van der Waals surface area contributed by atoms with Gasteiger partial charge in [-0.05, 0) is 74.0 Å². The minimum Gasteiger partial charge on any atom is -0.387 e. The summed E-state index contributed by atoms with van der Waals surface area (Å²) in [6.45, 7) is 2.83. The van der Waals surface area contributed by atoms with Crippen molar-refractivity contribution in [2.75, 3.05) is 18.4 Å². The van der Waals surface area contributed by atoms with E-state index >= 15 is 0 Å². The van der Waals surface area contributed by atoms with E-state index in [-0.39, 0.29) is 5.92 Å². The third kappa shape index (κ3) is 3.47. The molecule has 1 unspecified atom stereocenters. The fraction of sp³-hybridized carbons (Fsp3) is 0.400. The van der Waals surface area contributed by atoms with Crippen LogP contribution < -0.4 is 16.0 Å². The molecule has 3 nitrogen and oxygen atoms in total. The van der Waals surface area contributed by atoms with Crippen LogP contribution in [0.1, 0.15) is 41.9 Å². The summed E-state index contributed by atoms with van der Waals surface area (Å²) in [6.07, 6.45) is 9.41. The fourth-order valence-corrected chi connectivity index (χ4v) is 3.79. The smallest absolute Gasteiger partial charge is 0.155 e. The summed E-state index contributed by atoms with van der Waals surface area (Å²) in [7, 11) is 0. The highest BCUT2D eigenvalue weighted by atomic mass is 19.2. The maximum atomic E-state index is 13.7. The molecule has 0 radical (unpaired) electrons. The van der Waals surface area contributed by atoms with E-state index in [0.29, 0.717) is 12.5 Å². The van der Waals surface area contributed by atoms with Gasteiger partial charge in [-0.15, -0.1) is 0 Å². The molecule has 5 heteroatoms. The number of nitrogens with one attached hydrogen (secondary N) is 3. The third-order valence-corrected chi connectivity index (χ3v) is 5.22. The second-order valence-electron chi connectivity index (χ2n) is 6.93. The number of rotatable bonds is 3. The van der Waals surface area contributed by atoms with E-state index in [1.165, 1.54) is 17.7 Å². The summed E-state index contributed by atoms with van der Waals surface area (Å²) < 4.78 is 27.0. The molecule has 2 aliphatic heterocycles. The average molecular weight is 343 g/mol. The second-order valence-corrected chi connectivity index (χ2v) is 6.93. The van der Waals surface area contributed by atoms with E-state index in [1.807, 2.05) is 6.20 Å². The summed E-state index contributed by atoms with van der Waals surface area (Å²) in [5, 5.41) is 10.3. The summed E-state index contributed by atoms with van der Waals surface area (Å²) in [6, 6.07) is 4.67. The monoisotopic (exact) mass is 343 g/mol. The molecule has 1 aromatic carbocycles. The Hall–Kier alpha value is -2.14. The minimum absolute atomic E-state index is 0.123. The molecule has 1 aromatic rings. The SMILES string of the molecule is FC1=CCC(c2cc3c(c(NC4CCNCC4)c2)CNC=C3)C=C1F. The number of allylic oxidation sites excluding steroid dienone is 4. The molecule has 0 saturated carbocycles.